The van der Waals surface area contributed by atoms with Crippen LogP contribution in [0.1, 0.15) is 95.5 Å². The van der Waals surface area contributed by atoms with Gasteiger partial charge in [0.2, 0.25) is 17.8 Å². The number of benzene rings is 6. The van der Waals surface area contributed by atoms with Crippen LogP contribution in [0.25, 0.3) is 11.1 Å². The second-order valence-electron chi connectivity index (χ2n) is 19.4. The Morgan fingerprint density at radius 2 is 1.27 bits per heavy atom. The number of aliphatic imine (C=N–C) groups is 1. The molecule has 1 aliphatic carbocycles. The number of carboxylic acids is 1. The number of guanidine groups is 1. The molecule has 7 N–H and O–H groups in total. The van der Waals surface area contributed by atoms with E-state index in [9.17, 15) is 32.7 Å². The third-order valence-electron chi connectivity index (χ3n) is 13.9. The first-order chi connectivity index (χ1) is 35.4. The number of nitrogens with zero attached hydrogens (tertiary/aromatic N) is 1. The highest BCUT2D eigenvalue weighted by atomic mass is 32.2. The Labute approximate surface area is 432 Å². The molecule has 384 valence electrons. The fraction of sp³-hybridized carbons (Fsp3) is 0.293. The van der Waals surface area contributed by atoms with Crippen LogP contribution in [0.5, 0.6) is 5.75 Å². The number of hydrogen-bond donors (Lipinski definition) is 6. The number of carboxylic acid groups (broad SMARTS) is 1. The van der Waals surface area contributed by atoms with E-state index in [1.807, 2.05) is 160 Å². The maximum atomic E-state index is 14.4. The van der Waals surface area contributed by atoms with Gasteiger partial charge >= 0.3 is 12.1 Å². The SMILES string of the molecule is Cc1c(C)c(S(=O)(=O)NC(N)=NCCC[C@H](NC(=O)[C@H](CCC(=O)NC(c2ccccc2)(c2ccccc2)c2ccccc2)NC(=O)OCC2c3ccccc3-c3ccccc32)C(=O)O)c(C)c2c1OC(C)(C)C2. The number of carbonyl (C=O) groups excluding carboxylic acids is 3. The third kappa shape index (κ3) is 11.1. The molecule has 15 nitrogen and oxygen atoms in total. The molecule has 0 unspecified atom stereocenters. The Bertz CT molecular complexity index is 3060. The van der Waals surface area contributed by atoms with Crippen molar-refractivity contribution in [1.29, 1.82) is 0 Å². The van der Waals surface area contributed by atoms with E-state index in [1.165, 1.54) is 0 Å². The van der Waals surface area contributed by atoms with Crippen LogP contribution in [0.4, 0.5) is 4.79 Å². The molecule has 0 spiro atoms. The van der Waals surface area contributed by atoms with E-state index in [0.717, 1.165) is 44.5 Å². The minimum absolute atomic E-state index is 0.0561. The fourth-order valence-corrected chi connectivity index (χ4v) is 11.8. The Morgan fingerprint density at radius 1 is 0.743 bits per heavy atom. The predicted octanol–water partition coefficient (Wildman–Crippen LogP) is 8.06. The number of fused-ring (bicyclic) bond motifs is 4. The van der Waals surface area contributed by atoms with E-state index >= 15 is 0 Å². The molecule has 0 bridgehead atoms. The molecule has 6 aromatic carbocycles. The van der Waals surface area contributed by atoms with Gasteiger partial charge in [-0.05, 0) is 110 Å². The van der Waals surface area contributed by atoms with Crippen molar-refractivity contribution in [1.82, 2.24) is 20.7 Å². The molecule has 6 aromatic rings. The highest BCUT2D eigenvalue weighted by Gasteiger charge is 2.40. The van der Waals surface area contributed by atoms with Gasteiger partial charge in [0.25, 0.3) is 10.0 Å². The first-order valence-electron chi connectivity index (χ1n) is 24.7. The average molecular weight is 1020 g/mol. The standard InChI is InChI=1S/C58H62N6O9S/c1-36-37(2)52(38(3)46-34-57(4,5)73-51(36)46)74(70,71)64-55(59)60-33-19-30-49(54(67)68)61-53(66)48(62-56(69)72-35-47-44-28-17-15-26-42(44)43-27-16-18-29-45(43)47)31-32-50(65)63-58(39-20-9-6-10-21-39,40-22-11-7-12-23-40)41-24-13-8-14-25-41/h6-18,20-29,47-49H,19,30-35H2,1-5H3,(H,61,66)(H,62,69)(H,63,65)(H,67,68)(H3,59,60,64)/t48-,49-/m0/s1. The van der Waals surface area contributed by atoms with Crippen LogP contribution in [0.15, 0.2) is 149 Å². The van der Waals surface area contributed by atoms with Crippen LogP contribution in [0, 0.1) is 20.8 Å². The summed E-state index contributed by atoms with van der Waals surface area (Å²) in [5.41, 5.74) is 13.4. The smallest absolute Gasteiger partial charge is 0.407 e. The maximum absolute atomic E-state index is 14.4. The monoisotopic (exact) mass is 1020 g/mol. The fourth-order valence-electron chi connectivity index (χ4n) is 10.3. The highest BCUT2D eigenvalue weighted by molar-refractivity contribution is 7.90. The van der Waals surface area contributed by atoms with Gasteiger partial charge in [0.15, 0.2) is 0 Å². The van der Waals surface area contributed by atoms with E-state index < -0.39 is 63.1 Å². The maximum Gasteiger partial charge on any atom is 0.407 e. The van der Waals surface area contributed by atoms with Gasteiger partial charge in [0.05, 0.1) is 4.90 Å². The van der Waals surface area contributed by atoms with Crippen LogP contribution >= 0.6 is 0 Å². The zero-order chi connectivity index (χ0) is 52.8. The normalized spacial score (nSPS) is 14.6. The van der Waals surface area contributed by atoms with Gasteiger partial charge < -0.3 is 36.3 Å². The number of amides is 3. The molecular formula is C58H62N6O9S. The van der Waals surface area contributed by atoms with Crippen molar-refractivity contribution >= 4 is 39.9 Å². The minimum Gasteiger partial charge on any atom is -0.487 e. The highest BCUT2D eigenvalue weighted by Crippen LogP contribution is 2.46. The van der Waals surface area contributed by atoms with Crippen molar-refractivity contribution in [3.05, 3.63) is 190 Å². The summed E-state index contributed by atoms with van der Waals surface area (Å²) in [6.07, 6.45) is -0.992. The Balaban J connectivity index is 0.976. The van der Waals surface area contributed by atoms with Crippen LogP contribution in [0.3, 0.4) is 0 Å². The van der Waals surface area contributed by atoms with Crippen molar-refractivity contribution in [2.24, 2.45) is 10.7 Å². The molecule has 2 aliphatic rings. The summed E-state index contributed by atoms with van der Waals surface area (Å²) in [6, 6.07) is 41.3. The van der Waals surface area contributed by atoms with Gasteiger partial charge in [-0.1, -0.05) is 140 Å². The molecular weight excluding hydrogens is 957 g/mol. The lowest BCUT2D eigenvalue weighted by atomic mass is 9.77. The summed E-state index contributed by atoms with van der Waals surface area (Å²) in [5, 5.41) is 18.8. The number of hydrogen-bond acceptors (Lipinski definition) is 9. The third-order valence-corrected chi connectivity index (χ3v) is 15.5. The van der Waals surface area contributed by atoms with E-state index in [2.05, 4.69) is 25.7 Å². The van der Waals surface area contributed by atoms with Gasteiger partial charge in [0.1, 0.15) is 35.6 Å². The Morgan fingerprint density at radius 3 is 1.81 bits per heavy atom. The molecule has 0 fully saturated rings. The number of carbonyl (C=O) groups is 4. The number of alkyl carbamates (subject to hydrolysis) is 1. The lowest BCUT2D eigenvalue weighted by molar-refractivity contribution is -0.142. The minimum atomic E-state index is -4.19. The summed E-state index contributed by atoms with van der Waals surface area (Å²) < 4.78 is 41.8. The van der Waals surface area contributed by atoms with Gasteiger partial charge in [-0.3, -0.25) is 14.6 Å². The lowest BCUT2D eigenvalue weighted by Crippen LogP contribution is -2.52. The average Bonchev–Trinajstić information content (AvgIpc) is 3.91. The quantitative estimate of drug-likeness (QED) is 0.0198. The second kappa shape index (κ2) is 22.0. The first-order valence-corrected chi connectivity index (χ1v) is 26.1. The molecule has 3 amide bonds. The predicted molar refractivity (Wildman–Crippen MR) is 283 cm³/mol. The molecule has 74 heavy (non-hydrogen) atoms. The molecule has 0 radical (unpaired) electrons. The van der Waals surface area contributed by atoms with Gasteiger partial charge in [-0.15, -0.1) is 0 Å². The van der Waals surface area contributed by atoms with Crippen molar-refractivity contribution < 1.29 is 42.2 Å². The first kappa shape index (κ1) is 52.3. The Hall–Kier alpha value is -7.98. The number of nitrogens with two attached hydrogens (primary N) is 1. The molecule has 2 atom stereocenters. The number of sulfonamides is 1. The van der Waals surface area contributed by atoms with Crippen LogP contribution < -0.4 is 31.1 Å². The van der Waals surface area contributed by atoms with Gasteiger partial charge in [-0.2, -0.15) is 0 Å². The zero-order valence-corrected chi connectivity index (χ0v) is 42.9. The van der Waals surface area contributed by atoms with Crippen molar-refractivity contribution in [3.63, 3.8) is 0 Å². The molecule has 8 rings (SSSR count). The van der Waals surface area contributed by atoms with E-state index in [1.54, 1.807) is 13.8 Å². The van der Waals surface area contributed by atoms with Crippen molar-refractivity contribution in [2.45, 2.75) is 101 Å². The summed E-state index contributed by atoms with van der Waals surface area (Å²) in [6.45, 7) is 9.00. The topological polar surface area (TPSA) is 228 Å². The number of ether oxygens (including phenoxy) is 2. The number of rotatable bonds is 19. The Kier molecular flexibility index (Phi) is 15.6. The van der Waals surface area contributed by atoms with Crippen molar-refractivity contribution in [2.75, 3.05) is 13.2 Å². The zero-order valence-electron chi connectivity index (χ0n) is 42.1. The van der Waals surface area contributed by atoms with Gasteiger partial charge in [-0.25, -0.2) is 22.7 Å². The second-order valence-corrected chi connectivity index (χ2v) is 21.0. The summed E-state index contributed by atoms with van der Waals surface area (Å²) >= 11 is 0. The van der Waals surface area contributed by atoms with Crippen LogP contribution in [-0.2, 0) is 41.1 Å². The molecule has 0 aromatic heterocycles. The summed E-state index contributed by atoms with van der Waals surface area (Å²) in [7, 11) is -4.19. The molecule has 16 heteroatoms. The van der Waals surface area contributed by atoms with Crippen molar-refractivity contribution in [3.8, 4) is 16.9 Å². The molecule has 1 heterocycles. The lowest BCUT2D eigenvalue weighted by Gasteiger charge is -2.37. The summed E-state index contributed by atoms with van der Waals surface area (Å²) in [4.78, 5) is 59.4. The number of aliphatic carboxylic acids is 1. The molecule has 0 saturated carbocycles. The van der Waals surface area contributed by atoms with Crippen LogP contribution in [-0.4, -0.2) is 74.2 Å². The van der Waals surface area contributed by atoms with Gasteiger partial charge in [0, 0.05) is 30.9 Å². The molecule has 1 aliphatic heterocycles. The summed E-state index contributed by atoms with van der Waals surface area (Å²) in [5.74, 6) is -2.67. The number of nitrogens with one attached hydrogen (secondary N) is 4. The largest absolute Gasteiger partial charge is 0.487 e. The molecule has 0 saturated heterocycles. The van der Waals surface area contributed by atoms with E-state index in [4.69, 9.17) is 15.2 Å². The van der Waals surface area contributed by atoms with Crippen LogP contribution in [0.2, 0.25) is 0 Å². The van der Waals surface area contributed by atoms with E-state index in [-0.39, 0.29) is 49.6 Å². The van der Waals surface area contributed by atoms with E-state index in [0.29, 0.717) is 28.9 Å².